The van der Waals surface area contributed by atoms with Gasteiger partial charge in [0.2, 0.25) is 0 Å². The lowest BCUT2D eigenvalue weighted by Crippen LogP contribution is -2.44. The topological polar surface area (TPSA) is 120 Å². The molecule has 11 heteroatoms. The van der Waals surface area contributed by atoms with Crippen molar-refractivity contribution in [3.8, 4) is 11.5 Å². The van der Waals surface area contributed by atoms with E-state index in [1.807, 2.05) is 26.3 Å². The third-order valence-electron chi connectivity index (χ3n) is 5.33. The number of aromatic nitrogens is 4. The molecule has 4 heterocycles. The zero-order valence-electron chi connectivity index (χ0n) is 18.8. The van der Waals surface area contributed by atoms with Crippen molar-refractivity contribution in [1.82, 2.24) is 24.3 Å². The highest BCUT2D eigenvalue weighted by Gasteiger charge is 2.27. The summed E-state index contributed by atoms with van der Waals surface area (Å²) in [5, 5.41) is 14.6. The summed E-state index contributed by atoms with van der Waals surface area (Å²) in [6, 6.07) is 2.89. The van der Waals surface area contributed by atoms with Crippen LogP contribution in [0.15, 0.2) is 30.7 Å². The van der Waals surface area contributed by atoms with E-state index in [1.165, 1.54) is 18.5 Å². The maximum absolute atomic E-state index is 13.7. The first-order valence-corrected chi connectivity index (χ1v) is 10.8. The molecule has 10 nitrogen and oxygen atoms in total. The number of carbonyl (C=O) groups is 1. The van der Waals surface area contributed by atoms with E-state index in [-0.39, 0.29) is 17.7 Å². The van der Waals surface area contributed by atoms with Crippen molar-refractivity contribution in [1.29, 1.82) is 0 Å². The van der Waals surface area contributed by atoms with Gasteiger partial charge in [-0.25, -0.2) is 24.1 Å². The van der Waals surface area contributed by atoms with Crippen LogP contribution in [0.2, 0.25) is 0 Å². The minimum Gasteiger partial charge on any atom is -0.761 e. The van der Waals surface area contributed by atoms with Crippen LogP contribution in [0, 0.1) is 16.9 Å². The van der Waals surface area contributed by atoms with E-state index >= 15 is 0 Å². The van der Waals surface area contributed by atoms with Gasteiger partial charge < -0.3 is 25.6 Å². The van der Waals surface area contributed by atoms with Crippen LogP contribution in [0.1, 0.15) is 33.6 Å². The Bertz CT molecular complexity index is 1140. The Hall–Kier alpha value is -3.47. The van der Waals surface area contributed by atoms with Crippen LogP contribution in [-0.2, 0) is 4.74 Å². The van der Waals surface area contributed by atoms with Crippen LogP contribution in [0.5, 0.6) is 0 Å². The molecule has 1 fully saturated rings. The molecule has 2 N–H and O–H groups in total. The number of hydrogen-bond acceptors (Lipinski definition) is 8. The maximum atomic E-state index is 13.7. The van der Waals surface area contributed by atoms with E-state index in [9.17, 15) is 14.4 Å². The number of piperidine rings is 1. The summed E-state index contributed by atoms with van der Waals surface area (Å²) in [5.41, 5.74) is 2.55. The molecule has 33 heavy (non-hydrogen) atoms. The zero-order chi connectivity index (χ0) is 23.6. The average Bonchev–Trinajstić information content (AvgIpc) is 3.19. The van der Waals surface area contributed by atoms with Gasteiger partial charge in [-0.1, -0.05) is 0 Å². The fourth-order valence-corrected chi connectivity index (χ4v) is 3.80. The summed E-state index contributed by atoms with van der Waals surface area (Å²) >= 11 is 0. The third-order valence-corrected chi connectivity index (χ3v) is 5.33. The molecular weight excluding hydrogens is 429 g/mol. The van der Waals surface area contributed by atoms with Crippen LogP contribution in [0.25, 0.3) is 17.2 Å². The number of hydrogen-bond donors (Lipinski definition) is 2. The van der Waals surface area contributed by atoms with Gasteiger partial charge in [0.15, 0.2) is 11.6 Å². The number of halogens is 1. The number of rotatable bonds is 5. The molecular formula is C22H27FN7O3-. The summed E-state index contributed by atoms with van der Waals surface area (Å²) in [6.07, 6.45) is 5.71. The molecule has 0 unspecified atom stereocenters. The lowest BCUT2D eigenvalue weighted by Gasteiger charge is -2.34. The van der Waals surface area contributed by atoms with E-state index in [1.54, 1.807) is 21.6 Å². The Kier molecular flexibility index (Phi) is 6.32. The minimum atomic E-state index is -0.547. The second-order valence-electron chi connectivity index (χ2n) is 9.09. The van der Waals surface area contributed by atoms with Gasteiger partial charge in [0.1, 0.15) is 22.8 Å². The van der Waals surface area contributed by atoms with Crippen molar-refractivity contribution in [2.45, 2.75) is 39.2 Å². The molecule has 1 amide bonds. The molecule has 3 aromatic heterocycles. The molecule has 0 aromatic carbocycles. The summed E-state index contributed by atoms with van der Waals surface area (Å²) in [4.78, 5) is 27.1. The normalized spacial score (nSPS) is 16.6. The Morgan fingerprint density at radius 3 is 2.88 bits per heavy atom. The number of imidazole rings is 1. The average molecular weight is 457 g/mol. The van der Waals surface area contributed by atoms with Crippen LogP contribution in [-0.4, -0.2) is 55.6 Å². The van der Waals surface area contributed by atoms with Gasteiger partial charge in [0.25, 0.3) is 0 Å². The van der Waals surface area contributed by atoms with E-state index < -0.39 is 11.4 Å². The van der Waals surface area contributed by atoms with Crippen LogP contribution >= 0.6 is 0 Å². The summed E-state index contributed by atoms with van der Waals surface area (Å²) in [6.45, 7) is 7.24. The zero-order valence-corrected chi connectivity index (χ0v) is 18.8. The fourth-order valence-electron chi connectivity index (χ4n) is 3.80. The third kappa shape index (κ3) is 5.30. The van der Waals surface area contributed by atoms with E-state index in [4.69, 9.17) is 4.74 Å². The number of carbonyl (C=O) groups excluding carboxylic acids is 1. The van der Waals surface area contributed by atoms with Crippen molar-refractivity contribution >= 4 is 23.2 Å². The van der Waals surface area contributed by atoms with Gasteiger partial charge in [-0.3, -0.25) is 4.40 Å². The Morgan fingerprint density at radius 1 is 1.30 bits per heavy atom. The largest absolute Gasteiger partial charge is 0.761 e. The number of nitrogens with one attached hydrogen (secondary N) is 2. The van der Waals surface area contributed by atoms with Gasteiger partial charge in [-0.15, -0.1) is 0 Å². The van der Waals surface area contributed by atoms with Crippen molar-refractivity contribution in [2.75, 3.05) is 30.4 Å². The number of pyridine rings is 1. The highest BCUT2D eigenvalue weighted by molar-refractivity contribution is 5.69. The molecule has 3 aromatic rings. The summed E-state index contributed by atoms with van der Waals surface area (Å²) in [7, 11) is 0. The van der Waals surface area contributed by atoms with Crippen molar-refractivity contribution < 1.29 is 13.9 Å². The molecule has 0 aliphatic carbocycles. The fraction of sp³-hybridized carbons (Fsp3) is 0.455. The van der Waals surface area contributed by atoms with Crippen molar-refractivity contribution in [3.05, 3.63) is 41.7 Å². The number of anilines is 2. The van der Waals surface area contributed by atoms with E-state index in [0.29, 0.717) is 42.6 Å². The van der Waals surface area contributed by atoms with Crippen molar-refractivity contribution in [3.63, 3.8) is 0 Å². The molecule has 0 radical (unpaired) electrons. The lowest BCUT2D eigenvalue weighted by atomic mass is 9.98. The Balaban J connectivity index is 1.49. The van der Waals surface area contributed by atoms with Gasteiger partial charge in [-0.2, -0.15) is 0 Å². The van der Waals surface area contributed by atoms with E-state index in [2.05, 4.69) is 20.3 Å². The molecule has 4 rings (SSSR count). The Morgan fingerprint density at radius 2 is 2.12 bits per heavy atom. The molecule has 1 saturated heterocycles. The molecule has 1 atom stereocenters. The first-order chi connectivity index (χ1) is 15.7. The molecule has 1 aliphatic heterocycles. The second kappa shape index (κ2) is 9.18. The number of likely N-dealkylation sites (tertiary alicyclic amines) is 1. The SMILES string of the molecule is CC(C)(C)OC(=O)N1CCC[C@H](CNc2nc(-c3cnc4ccc(F)cn34)ncc2N[O-])C1. The molecule has 0 saturated carbocycles. The first kappa shape index (κ1) is 22.7. The van der Waals surface area contributed by atoms with Gasteiger partial charge in [0.05, 0.1) is 18.1 Å². The highest BCUT2D eigenvalue weighted by atomic mass is 19.1. The number of nitrogens with zero attached hydrogens (tertiary/aromatic N) is 5. The first-order valence-electron chi connectivity index (χ1n) is 10.8. The Labute approximate surface area is 190 Å². The van der Waals surface area contributed by atoms with Crippen LogP contribution < -0.4 is 10.8 Å². The quantitative estimate of drug-likeness (QED) is 0.555. The minimum absolute atomic E-state index is 0.161. The number of amides is 1. The molecule has 1 aliphatic rings. The smallest absolute Gasteiger partial charge is 0.410 e. The van der Waals surface area contributed by atoms with Gasteiger partial charge >= 0.3 is 6.09 Å². The van der Waals surface area contributed by atoms with Crippen LogP contribution in [0.3, 0.4) is 0 Å². The maximum Gasteiger partial charge on any atom is 0.410 e. The number of ether oxygens (including phenoxy) is 1. The highest BCUT2D eigenvalue weighted by Crippen LogP contribution is 2.25. The summed E-state index contributed by atoms with van der Waals surface area (Å²) < 4.78 is 20.8. The van der Waals surface area contributed by atoms with Gasteiger partial charge in [-0.05, 0) is 51.7 Å². The molecule has 0 bridgehead atoms. The second-order valence-corrected chi connectivity index (χ2v) is 9.09. The molecule has 0 spiro atoms. The predicted molar refractivity (Wildman–Crippen MR) is 122 cm³/mol. The van der Waals surface area contributed by atoms with Crippen molar-refractivity contribution in [2.24, 2.45) is 5.92 Å². The standard InChI is InChI=1S/C22H27FN7O3/c1-22(2,3)33-21(31)29-8-4-5-14(12-29)9-25-19-16(28-32)10-26-20(27-19)17-11-24-18-7-6-15(23)13-30(17)18/h6-7,10-11,13-14,28H,4-5,8-9,12H2,1-3H3,(H,25,26,27)/q-1/t14-/m1/s1. The monoisotopic (exact) mass is 456 g/mol. The lowest BCUT2D eigenvalue weighted by molar-refractivity contribution is 0.0172. The summed E-state index contributed by atoms with van der Waals surface area (Å²) in [5.74, 6) is 0.378. The van der Waals surface area contributed by atoms with E-state index in [0.717, 1.165) is 12.8 Å². The number of fused-ring (bicyclic) bond motifs is 1. The van der Waals surface area contributed by atoms with Gasteiger partial charge in [0, 0.05) is 25.8 Å². The molecule has 176 valence electrons. The van der Waals surface area contributed by atoms with Crippen LogP contribution in [0.4, 0.5) is 20.7 Å². The predicted octanol–water partition coefficient (Wildman–Crippen LogP) is 3.90.